The molecule has 0 aliphatic rings. The van der Waals surface area contributed by atoms with Crippen molar-refractivity contribution < 1.29 is 40.3 Å². The van der Waals surface area contributed by atoms with Gasteiger partial charge >= 0.3 is 26.2 Å². The van der Waals surface area contributed by atoms with Crippen LogP contribution >= 0.6 is 0 Å². The van der Waals surface area contributed by atoms with Crippen LogP contribution in [0.2, 0.25) is 0 Å². The van der Waals surface area contributed by atoms with Gasteiger partial charge in [-0.1, -0.05) is 0 Å². The van der Waals surface area contributed by atoms with Crippen LogP contribution in [-0.4, -0.2) is 0 Å². The molecule has 0 aromatic heterocycles. The van der Waals surface area contributed by atoms with Gasteiger partial charge < -0.3 is 14.1 Å². The topological polar surface area (TPSA) is 0 Å². The monoisotopic (exact) mass is 147 g/mol. The van der Waals surface area contributed by atoms with Gasteiger partial charge in [0.15, 0.2) is 0 Å². The predicted molar refractivity (Wildman–Crippen MR) is 0 cm³/mol. The first-order chi connectivity index (χ1) is 0. The van der Waals surface area contributed by atoms with Crippen LogP contribution in [-0.2, 0) is 26.2 Å². The average molecular weight is 148 g/mol. The van der Waals surface area contributed by atoms with E-state index in [9.17, 15) is 0 Å². The maximum atomic E-state index is 0. The second kappa shape index (κ2) is 57.9. The Morgan fingerprint density at radius 2 is 0.500 bits per heavy atom. The number of rotatable bonds is 0. The van der Waals surface area contributed by atoms with Crippen molar-refractivity contribution >= 4 is 0 Å². The predicted octanol–water partition coefficient (Wildman–Crippen LogP) is -8.99. The van der Waals surface area contributed by atoms with Crippen molar-refractivity contribution in [1.82, 2.24) is 0 Å². The van der Waals surface area contributed by atoms with Crippen molar-refractivity contribution in [2.45, 2.75) is 0 Å². The maximum Gasteiger partial charge on any atom is 2.00 e. The summed E-state index contributed by atoms with van der Waals surface area (Å²) in [6.45, 7) is 0. The van der Waals surface area contributed by atoms with Gasteiger partial charge in [-0.3, -0.25) is 0 Å². The molecule has 0 aliphatic heterocycles. The normalized spacial score (nSPS) is 0. The van der Waals surface area contributed by atoms with Crippen molar-refractivity contribution in [2.75, 3.05) is 0 Å². The third kappa shape index (κ3) is 16.5. The molecular weight excluding hydrogens is 148 g/mol. The fraction of sp³-hybridized carbons (Fsp3) is 0. The average Bonchev–Trinajstić information content (AvgIpc) is 0. The van der Waals surface area contributed by atoms with Gasteiger partial charge in [0.05, 0.1) is 0 Å². The van der Waals surface area contributed by atoms with Gasteiger partial charge in [0, 0.05) is 0 Å². The van der Waals surface area contributed by atoms with Crippen molar-refractivity contribution in [3.05, 3.63) is 0 Å². The van der Waals surface area contributed by atoms with E-state index in [1.807, 2.05) is 0 Å². The minimum Gasteiger partial charge on any atom is -1.00 e. The molecule has 4 heteroatoms. The Labute approximate surface area is 40.8 Å². The summed E-state index contributed by atoms with van der Waals surface area (Å²) >= 11 is 0. The zero-order valence-electron chi connectivity index (χ0n) is 1.63. The third-order valence-corrected chi connectivity index (χ3v) is 0. The smallest absolute Gasteiger partial charge is 1.00 e. The molecule has 0 N–H and O–H groups in total. The van der Waals surface area contributed by atoms with E-state index in [1.165, 1.54) is 0 Å². The fourth-order valence-electron chi connectivity index (χ4n) is 0. The first-order valence-electron chi connectivity index (χ1n) is 0. The van der Waals surface area contributed by atoms with Crippen molar-refractivity contribution in [3.63, 3.8) is 0 Å². The summed E-state index contributed by atoms with van der Waals surface area (Å²) in [7, 11) is 0. The van der Waals surface area contributed by atoms with E-state index < -0.39 is 0 Å². The zero-order valence-corrected chi connectivity index (χ0v) is 4.09. The third-order valence-electron chi connectivity index (χ3n) is 0. The van der Waals surface area contributed by atoms with Crippen LogP contribution in [0.1, 0.15) is 0 Å². The van der Waals surface area contributed by atoms with Crippen LogP contribution in [0.25, 0.3) is 0 Å². The molecule has 0 rings (SSSR count). The molecule has 0 aromatic carbocycles. The molecule has 0 spiro atoms. The van der Waals surface area contributed by atoms with Gasteiger partial charge in [-0.15, -0.1) is 0 Å². The Morgan fingerprint density at radius 1 is 0.500 bits per heavy atom. The van der Waals surface area contributed by atoms with Crippen molar-refractivity contribution in [3.8, 4) is 0 Å². The summed E-state index contributed by atoms with van der Waals surface area (Å²) in [6.07, 6.45) is 0. The largest absolute Gasteiger partial charge is 2.00 e. The Balaban J connectivity index is 0. The van der Waals surface area contributed by atoms with Crippen LogP contribution in [0, 0.1) is 0 Å². The maximum absolute atomic E-state index is 0. The Morgan fingerprint density at radius 3 is 0.500 bits per heavy atom. The molecule has 0 amide bonds. The SMILES string of the molecule is [F-].[F-].[F-].[Zr+2]. The second-order valence-corrected chi connectivity index (χ2v) is 0. The van der Waals surface area contributed by atoms with E-state index in [4.69, 9.17) is 0 Å². The van der Waals surface area contributed by atoms with Crippen LogP contribution in [0.4, 0.5) is 0 Å². The standard InChI is InChI=1S/3FH.Zr/h3*1H;/q;;;+2/p-3. The van der Waals surface area contributed by atoms with E-state index in [-0.39, 0.29) is 40.3 Å². The molecule has 0 saturated carbocycles. The van der Waals surface area contributed by atoms with Gasteiger partial charge in [0.1, 0.15) is 0 Å². The Bertz CT molecular complexity index is 3.25. The van der Waals surface area contributed by atoms with Crippen molar-refractivity contribution in [1.29, 1.82) is 0 Å². The Hall–Kier alpha value is 0.673. The molecule has 0 aliphatic carbocycles. The van der Waals surface area contributed by atoms with Crippen LogP contribution < -0.4 is 14.1 Å². The van der Waals surface area contributed by atoms with Gasteiger partial charge in [-0.25, -0.2) is 0 Å². The zero-order chi connectivity index (χ0) is 0. The second-order valence-electron chi connectivity index (χ2n) is 0. The summed E-state index contributed by atoms with van der Waals surface area (Å²) < 4.78 is 0. The minimum atomic E-state index is 0. The van der Waals surface area contributed by atoms with Crippen LogP contribution in [0.5, 0.6) is 0 Å². The summed E-state index contributed by atoms with van der Waals surface area (Å²) in [5.41, 5.74) is 0. The van der Waals surface area contributed by atoms with E-state index in [0.717, 1.165) is 0 Å². The Kier molecular flexibility index (Phi) is 2020. The molecule has 26 valence electrons. The number of hydrogen-bond acceptors (Lipinski definition) is 0. The number of halogens is 3. The molecule has 0 fully saturated rings. The summed E-state index contributed by atoms with van der Waals surface area (Å²) in [5.74, 6) is 0. The van der Waals surface area contributed by atoms with Crippen LogP contribution in [0.3, 0.4) is 0 Å². The molecule has 0 radical (unpaired) electrons. The molecule has 0 bridgehead atoms. The summed E-state index contributed by atoms with van der Waals surface area (Å²) in [6, 6.07) is 0. The van der Waals surface area contributed by atoms with E-state index in [2.05, 4.69) is 0 Å². The van der Waals surface area contributed by atoms with Crippen molar-refractivity contribution in [2.24, 2.45) is 0 Å². The van der Waals surface area contributed by atoms with Crippen LogP contribution in [0.15, 0.2) is 0 Å². The summed E-state index contributed by atoms with van der Waals surface area (Å²) in [4.78, 5) is 0. The molecule has 0 atom stereocenters. The van der Waals surface area contributed by atoms with E-state index >= 15 is 0 Å². The van der Waals surface area contributed by atoms with Gasteiger partial charge in [-0.05, 0) is 0 Å². The molecule has 0 heterocycles. The van der Waals surface area contributed by atoms with E-state index in [1.54, 1.807) is 0 Å². The fourth-order valence-corrected chi connectivity index (χ4v) is 0. The first-order valence-corrected chi connectivity index (χ1v) is 0. The first kappa shape index (κ1) is 139. The minimum absolute atomic E-state index is 0. The quantitative estimate of drug-likeness (QED) is 0.320. The van der Waals surface area contributed by atoms with Gasteiger partial charge in [0.2, 0.25) is 0 Å². The molecule has 0 saturated heterocycles. The molecule has 0 unspecified atom stereocenters. The van der Waals surface area contributed by atoms with Gasteiger partial charge in [0.25, 0.3) is 0 Å². The number of hydrogen-bond donors (Lipinski definition) is 0. The molecular formula is F3Zr-. The summed E-state index contributed by atoms with van der Waals surface area (Å²) in [5, 5.41) is 0. The van der Waals surface area contributed by atoms with E-state index in [0.29, 0.717) is 0 Å². The van der Waals surface area contributed by atoms with Gasteiger partial charge in [-0.2, -0.15) is 0 Å². The molecule has 0 aromatic rings. The molecule has 0 nitrogen and oxygen atoms in total. The molecule has 4 heavy (non-hydrogen) atoms.